The zero-order valence-electron chi connectivity index (χ0n) is 14.8. The molecule has 21 heavy (non-hydrogen) atoms. The van der Waals surface area contributed by atoms with Crippen LogP contribution in [-0.2, 0) is 4.74 Å². The van der Waals surface area contributed by atoms with E-state index in [0.717, 1.165) is 25.7 Å². The Morgan fingerprint density at radius 3 is 2.29 bits per heavy atom. The number of ether oxygens (including phenoxy) is 1. The van der Waals surface area contributed by atoms with E-state index in [0.29, 0.717) is 23.5 Å². The number of hydrogen-bond donors (Lipinski definition) is 1. The van der Waals surface area contributed by atoms with Gasteiger partial charge in [-0.15, -0.1) is 0 Å². The largest absolute Gasteiger partial charge is 0.381 e. The lowest BCUT2D eigenvalue weighted by Crippen LogP contribution is -2.67. The quantitative estimate of drug-likeness (QED) is 0.842. The minimum Gasteiger partial charge on any atom is -0.381 e. The molecule has 2 fully saturated rings. The van der Waals surface area contributed by atoms with Crippen LogP contribution in [0.1, 0.15) is 60.3 Å². The highest BCUT2D eigenvalue weighted by molar-refractivity contribution is 4.99. The van der Waals surface area contributed by atoms with E-state index in [-0.39, 0.29) is 0 Å². The average molecular weight is 296 g/mol. The summed E-state index contributed by atoms with van der Waals surface area (Å²) in [5.74, 6) is 1.52. The molecule has 0 aromatic heterocycles. The molecule has 2 heterocycles. The Hall–Kier alpha value is -0.120. The van der Waals surface area contributed by atoms with E-state index < -0.39 is 0 Å². The summed E-state index contributed by atoms with van der Waals surface area (Å²) in [7, 11) is 0. The van der Waals surface area contributed by atoms with Gasteiger partial charge in [0, 0.05) is 43.9 Å². The van der Waals surface area contributed by atoms with Gasteiger partial charge in [-0.25, -0.2) is 0 Å². The smallest absolute Gasteiger partial charge is 0.0469 e. The molecule has 0 aromatic carbocycles. The second-order valence-corrected chi connectivity index (χ2v) is 7.54. The molecule has 0 spiro atoms. The van der Waals surface area contributed by atoms with Crippen LogP contribution in [0.15, 0.2) is 0 Å². The monoisotopic (exact) mass is 296 g/mol. The molecule has 2 atom stereocenters. The second-order valence-electron chi connectivity index (χ2n) is 7.54. The van der Waals surface area contributed by atoms with E-state index in [1.807, 2.05) is 0 Å². The summed E-state index contributed by atoms with van der Waals surface area (Å²) < 4.78 is 5.56. The minimum absolute atomic E-state index is 0.324. The molecule has 2 saturated heterocycles. The maximum Gasteiger partial charge on any atom is 0.0469 e. The molecular formula is C18H36N2O. The van der Waals surface area contributed by atoms with E-state index in [1.165, 1.54) is 32.2 Å². The van der Waals surface area contributed by atoms with E-state index in [9.17, 15) is 0 Å². The lowest BCUT2D eigenvalue weighted by atomic mass is 9.82. The molecule has 0 saturated carbocycles. The van der Waals surface area contributed by atoms with Crippen molar-refractivity contribution in [3.8, 4) is 0 Å². The van der Waals surface area contributed by atoms with Crippen molar-refractivity contribution >= 4 is 0 Å². The SMILES string of the molecule is CCC1(CC)CN(C(C)C2CCOCC2)C(C(C)C)CN1. The fourth-order valence-corrected chi connectivity index (χ4v) is 4.22. The molecule has 3 heteroatoms. The lowest BCUT2D eigenvalue weighted by molar-refractivity contribution is -0.0248. The Labute approximate surface area is 131 Å². The van der Waals surface area contributed by atoms with Gasteiger partial charge in [-0.05, 0) is 44.4 Å². The van der Waals surface area contributed by atoms with Crippen LogP contribution >= 0.6 is 0 Å². The number of nitrogens with one attached hydrogen (secondary N) is 1. The minimum atomic E-state index is 0.324. The van der Waals surface area contributed by atoms with Crippen molar-refractivity contribution in [2.24, 2.45) is 11.8 Å². The van der Waals surface area contributed by atoms with Gasteiger partial charge in [0.25, 0.3) is 0 Å². The molecule has 124 valence electrons. The second kappa shape index (κ2) is 7.43. The molecule has 2 rings (SSSR count). The highest BCUT2D eigenvalue weighted by Crippen LogP contribution is 2.31. The van der Waals surface area contributed by atoms with Crippen LogP contribution in [0.5, 0.6) is 0 Å². The molecule has 0 aliphatic carbocycles. The fourth-order valence-electron chi connectivity index (χ4n) is 4.22. The van der Waals surface area contributed by atoms with Crippen LogP contribution in [0.3, 0.4) is 0 Å². The van der Waals surface area contributed by atoms with Gasteiger partial charge in [-0.1, -0.05) is 27.7 Å². The predicted octanol–water partition coefficient (Wildman–Crippen LogP) is 3.29. The Morgan fingerprint density at radius 1 is 1.14 bits per heavy atom. The number of nitrogens with zero attached hydrogens (tertiary/aromatic N) is 1. The van der Waals surface area contributed by atoms with Gasteiger partial charge in [0.1, 0.15) is 0 Å². The van der Waals surface area contributed by atoms with E-state index >= 15 is 0 Å². The van der Waals surface area contributed by atoms with Crippen LogP contribution in [0.25, 0.3) is 0 Å². The third kappa shape index (κ3) is 3.80. The van der Waals surface area contributed by atoms with Crippen LogP contribution in [0, 0.1) is 11.8 Å². The molecule has 0 aromatic rings. The summed E-state index contributed by atoms with van der Waals surface area (Å²) in [6.45, 7) is 16.2. The highest BCUT2D eigenvalue weighted by Gasteiger charge is 2.41. The summed E-state index contributed by atoms with van der Waals surface area (Å²) in [6, 6.07) is 1.36. The van der Waals surface area contributed by atoms with Crippen molar-refractivity contribution in [3.63, 3.8) is 0 Å². The van der Waals surface area contributed by atoms with E-state index in [1.54, 1.807) is 0 Å². The first-order valence-corrected chi connectivity index (χ1v) is 9.11. The van der Waals surface area contributed by atoms with Gasteiger partial charge in [0.05, 0.1) is 0 Å². The first-order valence-electron chi connectivity index (χ1n) is 9.11. The summed E-state index contributed by atoms with van der Waals surface area (Å²) in [4.78, 5) is 2.84. The third-order valence-electron chi connectivity index (χ3n) is 6.19. The van der Waals surface area contributed by atoms with E-state index in [2.05, 4.69) is 44.8 Å². The maximum absolute atomic E-state index is 5.56. The topological polar surface area (TPSA) is 24.5 Å². The fraction of sp³-hybridized carbons (Fsp3) is 1.00. The molecule has 0 bridgehead atoms. The Balaban J connectivity index is 2.12. The molecule has 0 radical (unpaired) electrons. The predicted molar refractivity (Wildman–Crippen MR) is 89.7 cm³/mol. The molecule has 2 aliphatic rings. The van der Waals surface area contributed by atoms with Crippen LogP contribution in [0.2, 0.25) is 0 Å². The maximum atomic E-state index is 5.56. The average Bonchev–Trinajstić information content (AvgIpc) is 2.54. The molecule has 2 unspecified atom stereocenters. The van der Waals surface area contributed by atoms with Gasteiger partial charge in [0.2, 0.25) is 0 Å². The van der Waals surface area contributed by atoms with Crippen LogP contribution in [0.4, 0.5) is 0 Å². The zero-order chi connectivity index (χ0) is 15.5. The van der Waals surface area contributed by atoms with E-state index in [4.69, 9.17) is 4.74 Å². The van der Waals surface area contributed by atoms with Gasteiger partial charge in [-0.3, -0.25) is 4.90 Å². The molecule has 0 amide bonds. The van der Waals surface area contributed by atoms with Gasteiger partial charge < -0.3 is 10.1 Å². The van der Waals surface area contributed by atoms with Gasteiger partial charge in [0.15, 0.2) is 0 Å². The number of rotatable bonds is 5. The van der Waals surface area contributed by atoms with Crippen molar-refractivity contribution in [1.29, 1.82) is 0 Å². The van der Waals surface area contributed by atoms with Gasteiger partial charge >= 0.3 is 0 Å². The van der Waals surface area contributed by atoms with Crippen LogP contribution in [-0.4, -0.2) is 48.8 Å². The zero-order valence-corrected chi connectivity index (χ0v) is 14.8. The normalized spacial score (nSPS) is 29.7. The molecule has 3 nitrogen and oxygen atoms in total. The van der Waals surface area contributed by atoms with Crippen LogP contribution < -0.4 is 5.32 Å². The van der Waals surface area contributed by atoms with Crippen molar-refractivity contribution in [2.75, 3.05) is 26.3 Å². The molecule has 1 N–H and O–H groups in total. The highest BCUT2D eigenvalue weighted by atomic mass is 16.5. The molecule has 2 aliphatic heterocycles. The van der Waals surface area contributed by atoms with Crippen molar-refractivity contribution in [3.05, 3.63) is 0 Å². The summed E-state index contributed by atoms with van der Waals surface area (Å²) in [5, 5.41) is 3.88. The Kier molecular flexibility index (Phi) is 6.10. The van der Waals surface area contributed by atoms with Crippen molar-refractivity contribution in [2.45, 2.75) is 77.9 Å². The standard InChI is InChI=1S/C18H36N2O/c1-6-18(7-2)13-20(17(12-19-18)14(3)4)15(5)16-8-10-21-11-9-16/h14-17,19H,6-13H2,1-5H3. The van der Waals surface area contributed by atoms with Crippen molar-refractivity contribution in [1.82, 2.24) is 10.2 Å². The number of piperazine rings is 1. The first kappa shape index (κ1) is 17.2. The molecular weight excluding hydrogens is 260 g/mol. The van der Waals surface area contributed by atoms with Crippen molar-refractivity contribution < 1.29 is 4.74 Å². The number of hydrogen-bond acceptors (Lipinski definition) is 3. The summed E-state index contributed by atoms with van der Waals surface area (Å²) in [6.07, 6.45) is 4.93. The summed E-state index contributed by atoms with van der Waals surface area (Å²) >= 11 is 0. The lowest BCUT2D eigenvalue weighted by Gasteiger charge is -2.52. The first-order chi connectivity index (χ1) is 10.0. The van der Waals surface area contributed by atoms with Gasteiger partial charge in [-0.2, -0.15) is 0 Å². The Morgan fingerprint density at radius 2 is 1.76 bits per heavy atom. The summed E-state index contributed by atoms with van der Waals surface area (Å²) in [5.41, 5.74) is 0.324. The third-order valence-corrected chi connectivity index (χ3v) is 6.19. The Bertz CT molecular complexity index is 308.